The second kappa shape index (κ2) is 4.92. The standard InChI is InChI=1S/C11H8FNO3S/c12-7-1-3-9(4-2-7)16-5-8-6-17-10(13-8)11(14)15/h1-4,6H,5H2,(H,14,15). The molecule has 1 aromatic heterocycles. The summed E-state index contributed by atoms with van der Waals surface area (Å²) in [4.78, 5) is 14.5. The third-order valence-corrected chi connectivity index (χ3v) is 2.81. The average molecular weight is 253 g/mol. The Morgan fingerprint density at radius 2 is 2.12 bits per heavy atom. The number of hydrogen-bond acceptors (Lipinski definition) is 4. The van der Waals surface area contributed by atoms with Gasteiger partial charge in [-0.3, -0.25) is 0 Å². The maximum atomic E-state index is 12.6. The van der Waals surface area contributed by atoms with Gasteiger partial charge in [-0.25, -0.2) is 14.2 Å². The van der Waals surface area contributed by atoms with Crippen LogP contribution in [0.3, 0.4) is 0 Å². The van der Waals surface area contributed by atoms with E-state index in [2.05, 4.69) is 4.98 Å². The molecule has 1 heterocycles. The highest BCUT2D eigenvalue weighted by Crippen LogP contribution is 2.15. The molecule has 0 bridgehead atoms. The predicted molar refractivity (Wildman–Crippen MR) is 59.8 cm³/mol. The van der Waals surface area contributed by atoms with Crippen LogP contribution in [0.25, 0.3) is 0 Å². The number of ether oxygens (including phenoxy) is 1. The van der Waals surface area contributed by atoms with Crippen LogP contribution in [-0.2, 0) is 6.61 Å². The Morgan fingerprint density at radius 3 is 2.71 bits per heavy atom. The lowest BCUT2D eigenvalue weighted by Crippen LogP contribution is -1.99. The van der Waals surface area contributed by atoms with Gasteiger partial charge in [0.15, 0.2) is 0 Å². The summed E-state index contributed by atoms with van der Waals surface area (Å²) >= 11 is 1.04. The van der Waals surface area contributed by atoms with E-state index in [1.165, 1.54) is 24.3 Å². The predicted octanol–water partition coefficient (Wildman–Crippen LogP) is 2.56. The maximum absolute atomic E-state index is 12.6. The van der Waals surface area contributed by atoms with E-state index >= 15 is 0 Å². The van der Waals surface area contributed by atoms with E-state index < -0.39 is 5.97 Å². The third-order valence-electron chi connectivity index (χ3n) is 1.94. The second-order valence-electron chi connectivity index (χ2n) is 3.19. The Bertz CT molecular complexity index is 524. The number of carbonyl (C=O) groups is 1. The third kappa shape index (κ3) is 3.01. The first-order valence-electron chi connectivity index (χ1n) is 4.71. The Kier molecular flexibility index (Phi) is 3.34. The molecule has 17 heavy (non-hydrogen) atoms. The van der Waals surface area contributed by atoms with Crippen LogP contribution in [0.5, 0.6) is 5.75 Å². The SMILES string of the molecule is O=C(O)c1nc(COc2ccc(F)cc2)cs1. The van der Waals surface area contributed by atoms with Crippen LogP contribution in [-0.4, -0.2) is 16.1 Å². The molecule has 0 saturated carbocycles. The largest absolute Gasteiger partial charge is 0.487 e. The minimum atomic E-state index is -1.05. The number of carboxylic acids is 1. The van der Waals surface area contributed by atoms with Crippen molar-refractivity contribution in [2.24, 2.45) is 0 Å². The molecular weight excluding hydrogens is 245 g/mol. The van der Waals surface area contributed by atoms with Gasteiger partial charge in [-0.1, -0.05) is 0 Å². The molecule has 0 saturated heterocycles. The van der Waals surface area contributed by atoms with Gasteiger partial charge in [0.25, 0.3) is 0 Å². The number of aromatic nitrogens is 1. The highest BCUT2D eigenvalue weighted by atomic mass is 32.1. The van der Waals surface area contributed by atoms with Crippen LogP contribution in [0.1, 0.15) is 15.5 Å². The van der Waals surface area contributed by atoms with Crippen molar-refractivity contribution in [1.82, 2.24) is 4.98 Å². The molecule has 0 aliphatic rings. The molecule has 0 amide bonds. The van der Waals surface area contributed by atoms with E-state index in [0.717, 1.165) is 11.3 Å². The zero-order valence-corrected chi connectivity index (χ0v) is 9.41. The maximum Gasteiger partial charge on any atom is 0.365 e. The fraction of sp³-hybridized carbons (Fsp3) is 0.0909. The van der Waals surface area contributed by atoms with Crippen molar-refractivity contribution in [1.29, 1.82) is 0 Å². The number of carboxylic acid groups (broad SMARTS) is 1. The highest BCUT2D eigenvalue weighted by molar-refractivity contribution is 7.11. The van der Waals surface area contributed by atoms with Gasteiger partial charge in [-0.15, -0.1) is 11.3 Å². The quantitative estimate of drug-likeness (QED) is 0.909. The van der Waals surface area contributed by atoms with Crippen LogP contribution in [0, 0.1) is 5.82 Å². The highest BCUT2D eigenvalue weighted by Gasteiger charge is 2.09. The van der Waals surface area contributed by atoms with E-state index in [1.54, 1.807) is 5.38 Å². The van der Waals surface area contributed by atoms with Crippen molar-refractivity contribution >= 4 is 17.3 Å². The molecule has 0 aliphatic carbocycles. The van der Waals surface area contributed by atoms with Gasteiger partial charge < -0.3 is 9.84 Å². The fourth-order valence-corrected chi connectivity index (χ4v) is 1.80. The van der Waals surface area contributed by atoms with Crippen molar-refractivity contribution in [3.63, 3.8) is 0 Å². The molecule has 0 radical (unpaired) electrons. The van der Waals surface area contributed by atoms with Crippen LogP contribution in [0.15, 0.2) is 29.6 Å². The minimum absolute atomic E-state index is 0.0303. The lowest BCUT2D eigenvalue weighted by Gasteiger charge is -2.03. The Balaban J connectivity index is 1.97. The second-order valence-corrected chi connectivity index (χ2v) is 4.05. The summed E-state index contributed by atoms with van der Waals surface area (Å²) in [5.41, 5.74) is 0.539. The molecule has 2 aromatic rings. The van der Waals surface area contributed by atoms with Gasteiger partial charge in [-0.2, -0.15) is 0 Å². The summed E-state index contributed by atoms with van der Waals surface area (Å²) < 4.78 is 17.9. The molecule has 0 fully saturated rings. The van der Waals surface area contributed by atoms with Crippen molar-refractivity contribution in [3.8, 4) is 5.75 Å². The smallest absolute Gasteiger partial charge is 0.365 e. The number of aromatic carboxylic acids is 1. The molecule has 4 nitrogen and oxygen atoms in total. The van der Waals surface area contributed by atoms with Gasteiger partial charge in [-0.05, 0) is 24.3 Å². The van der Waals surface area contributed by atoms with E-state index in [0.29, 0.717) is 11.4 Å². The first kappa shape index (κ1) is 11.5. The fourth-order valence-electron chi connectivity index (χ4n) is 1.16. The summed E-state index contributed by atoms with van der Waals surface area (Å²) in [7, 11) is 0. The molecule has 0 aliphatic heterocycles. The van der Waals surface area contributed by atoms with Gasteiger partial charge in [0.2, 0.25) is 5.01 Å². The summed E-state index contributed by atoms with van der Waals surface area (Å²) in [5, 5.41) is 10.3. The topological polar surface area (TPSA) is 59.4 Å². The molecule has 2 rings (SSSR count). The van der Waals surface area contributed by atoms with Gasteiger partial charge in [0, 0.05) is 5.38 Å². The lowest BCUT2D eigenvalue weighted by molar-refractivity contribution is 0.0696. The Morgan fingerprint density at radius 1 is 1.41 bits per heavy atom. The number of rotatable bonds is 4. The zero-order valence-electron chi connectivity index (χ0n) is 8.59. The van der Waals surface area contributed by atoms with E-state index in [4.69, 9.17) is 9.84 Å². The average Bonchev–Trinajstić information content (AvgIpc) is 2.77. The molecule has 88 valence electrons. The normalized spacial score (nSPS) is 10.2. The van der Waals surface area contributed by atoms with E-state index in [-0.39, 0.29) is 17.4 Å². The first-order chi connectivity index (χ1) is 8.15. The number of benzene rings is 1. The molecular formula is C11H8FNO3S. The van der Waals surface area contributed by atoms with Crippen molar-refractivity contribution in [2.75, 3.05) is 0 Å². The number of hydrogen-bond donors (Lipinski definition) is 1. The molecule has 6 heteroatoms. The monoisotopic (exact) mass is 253 g/mol. The number of thiazole rings is 1. The van der Waals surface area contributed by atoms with Crippen molar-refractivity contribution in [2.45, 2.75) is 6.61 Å². The minimum Gasteiger partial charge on any atom is -0.487 e. The molecule has 0 atom stereocenters. The van der Waals surface area contributed by atoms with Crippen LogP contribution in [0.2, 0.25) is 0 Å². The summed E-state index contributed by atoms with van der Waals surface area (Å²) in [6.45, 7) is 0.162. The van der Waals surface area contributed by atoms with Crippen molar-refractivity contribution < 1.29 is 19.0 Å². The van der Waals surface area contributed by atoms with Crippen LogP contribution >= 0.6 is 11.3 Å². The van der Waals surface area contributed by atoms with Crippen LogP contribution < -0.4 is 4.74 Å². The van der Waals surface area contributed by atoms with E-state index in [1.807, 2.05) is 0 Å². The molecule has 0 spiro atoms. The number of halogens is 1. The molecule has 1 N–H and O–H groups in total. The number of nitrogens with zero attached hydrogens (tertiary/aromatic N) is 1. The molecule has 0 unspecified atom stereocenters. The van der Waals surface area contributed by atoms with Crippen molar-refractivity contribution in [3.05, 3.63) is 46.2 Å². The lowest BCUT2D eigenvalue weighted by atomic mass is 10.3. The Labute approximate surface area is 100 Å². The van der Waals surface area contributed by atoms with Gasteiger partial charge in [0.05, 0.1) is 5.69 Å². The van der Waals surface area contributed by atoms with Crippen LogP contribution in [0.4, 0.5) is 4.39 Å². The summed E-state index contributed by atoms with van der Waals surface area (Å²) in [6, 6.07) is 5.58. The van der Waals surface area contributed by atoms with Gasteiger partial charge in [0.1, 0.15) is 18.2 Å². The summed E-state index contributed by atoms with van der Waals surface area (Å²) in [5.74, 6) is -0.876. The van der Waals surface area contributed by atoms with E-state index in [9.17, 15) is 9.18 Å². The van der Waals surface area contributed by atoms with Gasteiger partial charge >= 0.3 is 5.97 Å². The molecule has 1 aromatic carbocycles. The first-order valence-corrected chi connectivity index (χ1v) is 5.59. The zero-order chi connectivity index (χ0) is 12.3. The Hall–Kier alpha value is -1.95. The summed E-state index contributed by atoms with van der Waals surface area (Å²) in [6.07, 6.45) is 0.